The molecule has 31 heavy (non-hydrogen) atoms. The van der Waals surface area contributed by atoms with Crippen molar-refractivity contribution in [2.45, 2.75) is 30.1 Å². The molecule has 0 aliphatic rings. The lowest BCUT2D eigenvalue weighted by atomic mass is 10.1. The van der Waals surface area contributed by atoms with Crippen molar-refractivity contribution in [2.24, 2.45) is 7.05 Å². The van der Waals surface area contributed by atoms with E-state index in [2.05, 4.69) is 29.6 Å². The molecule has 6 nitrogen and oxygen atoms in total. The number of carbonyl (C=O) groups is 1. The van der Waals surface area contributed by atoms with Crippen molar-refractivity contribution in [3.63, 3.8) is 0 Å². The van der Waals surface area contributed by atoms with Crippen LogP contribution in [0.25, 0.3) is 10.9 Å². The molecule has 3 aromatic rings. The highest BCUT2D eigenvalue weighted by atomic mass is 32.2. The molecule has 1 heterocycles. The van der Waals surface area contributed by atoms with Gasteiger partial charge in [0.15, 0.2) is 0 Å². The van der Waals surface area contributed by atoms with E-state index in [1.807, 2.05) is 27.2 Å². The zero-order valence-corrected chi connectivity index (χ0v) is 20.0. The molecule has 0 bridgehead atoms. The molecule has 166 valence electrons. The summed E-state index contributed by atoms with van der Waals surface area (Å²) < 4.78 is 28.9. The number of aromatic nitrogens is 1. The Morgan fingerprint density at radius 3 is 2.35 bits per heavy atom. The first-order valence-electron chi connectivity index (χ1n) is 10.3. The lowest BCUT2D eigenvalue weighted by Gasteiger charge is -2.18. The van der Waals surface area contributed by atoms with Crippen LogP contribution < -0.4 is 5.32 Å². The fourth-order valence-electron chi connectivity index (χ4n) is 3.62. The van der Waals surface area contributed by atoms with E-state index in [1.165, 1.54) is 14.8 Å². The number of hydrogen-bond donors (Lipinski definition) is 1. The lowest BCUT2D eigenvalue weighted by Crippen LogP contribution is -2.30. The van der Waals surface area contributed by atoms with E-state index >= 15 is 0 Å². The summed E-state index contributed by atoms with van der Waals surface area (Å²) >= 11 is 1.70. The second kappa shape index (κ2) is 9.89. The SMILES string of the molecule is CCN(CC)S(=O)(=O)c1ccc2c(c1)cc(C(=O)NCCc1ccc(SC)cc1)n2C. The molecule has 0 fully saturated rings. The Balaban J connectivity index is 1.76. The molecule has 1 N–H and O–H groups in total. The average Bonchev–Trinajstić information content (AvgIpc) is 3.11. The standard InChI is InChI=1S/C23H29N3O3S2/c1-5-26(6-2)31(28,29)20-11-12-21-18(15-20)16-22(25(21)3)23(27)24-14-13-17-7-9-19(30-4)10-8-17/h7-12,15-16H,5-6,13-14H2,1-4H3,(H,24,27). The first-order valence-corrected chi connectivity index (χ1v) is 13.0. The number of thioether (sulfide) groups is 1. The predicted octanol–water partition coefficient (Wildman–Crippen LogP) is 3.90. The highest BCUT2D eigenvalue weighted by Crippen LogP contribution is 2.24. The molecule has 0 radical (unpaired) electrons. The van der Waals surface area contributed by atoms with Gasteiger partial charge in [0, 0.05) is 42.5 Å². The van der Waals surface area contributed by atoms with Gasteiger partial charge in [-0.05, 0) is 54.6 Å². The second-order valence-corrected chi connectivity index (χ2v) is 10.1. The summed E-state index contributed by atoms with van der Waals surface area (Å²) in [7, 11) is -1.73. The first-order chi connectivity index (χ1) is 14.8. The monoisotopic (exact) mass is 459 g/mol. The van der Waals surface area contributed by atoms with Crippen LogP contribution in [0.1, 0.15) is 29.9 Å². The van der Waals surface area contributed by atoms with Gasteiger partial charge in [0.2, 0.25) is 10.0 Å². The quantitative estimate of drug-likeness (QED) is 0.493. The van der Waals surface area contributed by atoms with E-state index in [-0.39, 0.29) is 10.8 Å². The minimum atomic E-state index is -3.54. The maximum absolute atomic E-state index is 12.8. The molecular weight excluding hydrogens is 430 g/mol. The number of amides is 1. The van der Waals surface area contributed by atoms with Gasteiger partial charge in [-0.25, -0.2) is 8.42 Å². The molecule has 0 saturated carbocycles. The maximum atomic E-state index is 12.8. The van der Waals surface area contributed by atoms with Crippen LogP contribution >= 0.6 is 11.8 Å². The average molecular weight is 460 g/mol. The smallest absolute Gasteiger partial charge is 0.267 e. The van der Waals surface area contributed by atoms with Gasteiger partial charge in [0.25, 0.3) is 5.91 Å². The number of carbonyl (C=O) groups excluding carboxylic acids is 1. The summed E-state index contributed by atoms with van der Waals surface area (Å²) in [6.07, 6.45) is 2.79. The minimum absolute atomic E-state index is 0.174. The number of rotatable bonds is 9. The number of hydrogen-bond acceptors (Lipinski definition) is 4. The molecule has 8 heteroatoms. The van der Waals surface area contributed by atoms with Crippen LogP contribution in [-0.2, 0) is 23.5 Å². The number of aryl methyl sites for hydroxylation is 1. The number of benzene rings is 2. The van der Waals surface area contributed by atoms with Gasteiger partial charge >= 0.3 is 0 Å². The molecule has 0 atom stereocenters. The first kappa shape index (κ1) is 23.4. The molecule has 0 saturated heterocycles. The predicted molar refractivity (Wildman–Crippen MR) is 127 cm³/mol. The Bertz CT molecular complexity index is 1160. The fourth-order valence-corrected chi connectivity index (χ4v) is 5.52. The Kier molecular flexibility index (Phi) is 7.46. The summed E-state index contributed by atoms with van der Waals surface area (Å²) in [4.78, 5) is 14.2. The van der Waals surface area contributed by atoms with Gasteiger partial charge in [-0.2, -0.15) is 4.31 Å². The third-order valence-corrected chi connectivity index (χ3v) is 8.24. The summed E-state index contributed by atoms with van der Waals surface area (Å²) in [5.41, 5.74) is 2.49. The molecule has 0 aliphatic heterocycles. The second-order valence-electron chi connectivity index (χ2n) is 7.25. The summed E-state index contributed by atoms with van der Waals surface area (Å²) in [6.45, 7) is 5.00. The topological polar surface area (TPSA) is 71.4 Å². The van der Waals surface area contributed by atoms with Gasteiger partial charge in [0.1, 0.15) is 5.69 Å². The number of sulfonamides is 1. The van der Waals surface area contributed by atoms with E-state index in [4.69, 9.17) is 0 Å². The van der Waals surface area contributed by atoms with Crippen molar-refractivity contribution in [3.8, 4) is 0 Å². The summed E-state index contributed by atoms with van der Waals surface area (Å²) in [6, 6.07) is 15.1. The van der Waals surface area contributed by atoms with Crippen molar-refractivity contribution in [3.05, 3.63) is 59.8 Å². The molecular formula is C23H29N3O3S2. The summed E-state index contributed by atoms with van der Waals surface area (Å²) in [5, 5.41) is 3.70. The largest absolute Gasteiger partial charge is 0.350 e. The highest BCUT2D eigenvalue weighted by Gasteiger charge is 2.23. The van der Waals surface area contributed by atoms with Crippen molar-refractivity contribution >= 4 is 38.6 Å². The zero-order valence-electron chi connectivity index (χ0n) is 18.4. The normalized spacial score (nSPS) is 11.9. The molecule has 2 aromatic carbocycles. The zero-order chi connectivity index (χ0) is 22.6. The Labute approximate surface area is 188 Å². The van der Waals surface area contributed by atoms with Crippen molar-refractivity contribution in [2.75, 3.05) is 25.9 Å². The molecule has 1 aromatic heterocycles. The third kappa shape index (κ3) is 4.97. The van der Waals surface area contributed by atoms with E-state index < -0.39 is 10.0 Å². The number of nitrogens with zero attached hydrogens (tertiary/aromatic N) is 2. The Morgan fingerprint density at radius 2 is 1.74 bits per heavy atom. The molecule has 0 unspecified atom stereocenters. The summed E-state index contributed by atoms with van der Waals surface area (Å²) in [5.74, 6) is -0.174. The van der Waals surface area contributed by atoms with E-state index in [0.717, 1.165) is 17.3 Å². The van der Waals surface area contributed by atoms with Crippen molar-refractivity contribution in [1.82, 2.24) is 14.2 Å². The maximum Gasteiger partial charge on any atom is 0.267 e. The Hall–Kier alpha value is -2.29. The number of nitrogens with one attached hydrogen (secondary N) is 1. The Morgan fingerprint density at radius 1 is 1.06 bits per heavy atom. The van der Waals surface area contributed by atoms with Crippen LogP contribution in [0, 0.1) is 0 Å². The van der Waals surface area contributed by atoms with E-state index in [0.29, 0.717) is 25.3 Å². The van der Waals surface area contributed by atoms with Crippen molar-refractivity contribution < 1.29 is 13.2 Å². The van der Waals surface area contributed by atoms with Crippen LogP contribution in [0.2, 0.25) is 0 Å². The molecule has 3 rings (SSSR count). The van der Waals surface area contributed by atoms with Crippen LogP contribution in [-0.4, -0.2) is 49.1 Å². The van der Waals surface area contributed by atoms with Crippen LogP contribution in [0.3, 0.4) is 0 Å². The molecule has 1 amide bonds. The van der Waals surface area contributed by atoms with Gasteiger partial charge in [-0.3, -0.25) is 4.79 Å². The van der Waals surface area contributed by atoms with E-state index in [1.54, 1.807) is 40.6 Å². The van der Waals surface area contributed by atoms with Crippen LogP contribution in [0.4, 0.5) is 0 Å². The van der Waals surface area contributed by atoms with Crippen LogP contribution in [0.5, 0.6) is 0 Å². The van der Waals surface area contributed by atoms with E-state index in [9.17, 15) is 13.2 Å². The van der Waals surface area contributed by atoms with Crippen molar-refractivity contribution in [1.29, 1.82) is 0 Å². The van der Waals surface area contributed by atoms with Crippen LogP contribution in [0.15, 0.2) is 58.3 Å². The van der Waals surface area contributed by atoms with Gasteiger partial charge < -0.3 is 9.88 Å². The highest BCUT2D eigenvalue weighted by molar-refractivity contribution is 7.98. The lowest BCUT2D eigenvalue weighted by molar-refractivity contribution is 0.0946. The molecule has 0 spiro atoms. The van der Waals surface area contributed by atoms with Gasteiger partial charge in [-0.1, -0.05) is 26.0 Å². The molecule has 0 aliphatic carbocycles. The third-order valence-electron chi connectivity index (χ3n) is 5.45. The van der Waals surface area contributed by atoms with Gasteiger partial charge in [0.05, 0.1) is 4.90 Å². The van der Waals surface area contributed by atoms with Gasteiger partial charge in [-0.15, -0.1) is 11.8 Å². The number of fused-ring (bicyclic) bond motifs is 1. The fraction of sp³-hybridized carbons (Fsp3) is 0.348. The minimum Gasteiger partial charge on any atom is -0.350 e.